The Labute approximate surface area is 111 Å². The van der Waals surface area contributed by atoms with Crippen LogP contribution in [-0.2, 0) is 6.42 Å². The van der Waals surface area contributed by atoms with Crippen molar-refractivity contribution in [1.82, 2.24) is 9.97 Å². The highest BCUT2D eigenvalue weighted by Gasteiger charge is 2.29. The standard InChI is InChI=1S/C14H17N3O2/c15-9(8-1-2-8)5-14-16-10-6-12-13(7-11(10)17-14)19-4-3-18-12/h6-9H,1-5,15H2,(H,16,17). The summed E-state index contributed by atoms with van der Waals surface area (Å²) in [4.78, 5) is 7.93. The van der Waals surface area contributed by atoms with E-state index in [0.717, 1.165) is 34.8 Å². The van der Waals surface area contributed by atoms with E-state index in [1.807, 2.05) is 12.1 Å². The van der Waals surface area contributed by atoms with Crippen molar-refractivity contribution >= 4 is 11.0 Å². The SMILES string of the molecule is NC(Cc1nc2cc3c(cc2[nH]1)OCCO3)C1CC1. The Morgan fingerprint density at radius 2 is 2.00 bits per heavy atom. The molecule has 1 aliphatic carbocycles. The van der Waals surface area contributed by atoms with Crippen molar-refractivity contribution < 1.29 is 9.47 Å². The molecule has 1 fully saturated rings. The number of rotatable bonds is 3. The molecule has 1 atom stereocenters. The summed E-state index contributed by atoms with van der Waals surface area (Å²) in [6.07, 6.45) is 3.33. The van der Waals surface area contributed by atoms with Crippen molar-refractivity contribution in [1.29, 1.82) is 0 Å². The molecule has 4 rings (SSSR count). The molecule has 0 bridgehead atoms. The van der Waals surface area contributed by atoms with Gasteiger partial charge in [-0.05, 0) is 18.8 Å². The van der Waals surface area contributed by atoms with Gasteiger partial charge in [-0.3, -0.25) is 0 Å². The van der Waals surface area contributed by atoms with Crippen molar-refractivity contribution in [3.05, 3.63) is 18.0 Å². The Morgan fingerprint density at radius 3 is 2.74 bits per heavy atom. The zero-order valence-electron chi connectivity index (χ0n) is 10.7. The van der Waals surface area contributed by atoms with E-state index < -0.39 is 0 Å². The van der Waals surface area contributed by atoms with Crippen LogP contribution in [0, 0.1) is 5.92 Å². The van der Waals surface area contributed by atoms with Crippen molar-refractivity contribution in [3.63, 3.8) is 0 Å². The van der Waals surface area contributed by atoms with Crippen LogP contribution in [0.15, 0.2) is 12.1 Å². The fourth-order valence-corrected chi connectivity index (χ4v) is 2.61. The van der Waals surface area contributed by atoms with Gasteiger partial charge in [0.05, 0.1) is 11.0 Å². The van der Waals surface area contributed by atoms with E-state index in [0.29, 0.717) is 19.1 Å². The number of nitrogens with zero attached hydrogens (tertiary/aromatic N) is 1. The Hall–Kier alpha value is -1.75. The van der Waals surface area contributed by atoms with Gasteiger partial charge in [0.25, 0.3) is 0 Å². The number of ether oxygens (including phenoxy) is 2. The summed E-state index contributed by atoms with van der Waals surface area (Å²) < 4.78 is 11.1. The van der Waals surface area contributed by atoms with E-state index in [4.69, 9.17) is 15.2 Å². The first-order valence-corrected chi connectivity index (χ1v) is 6.83. The van der Waals surface area contributed by atoms with Gasteiger partial charge >= 0.3 is 0 Å². The predicted molar refractivity (Wildman–Crippen MR) is 71.5 cm³/mol. The first kappa shape index (κ1) is 11.1. The number of fused-ring (bicyclic) bond motifs is 2. The lowest BCUT2D eigenvalue weighted by Gasteiger charge is -2.17. The van der Waals surface area contributed by atoms with E-state index in [1.165, 1.54) is 12.8 Å². The van der Waals surface area contributed by atoms with Crippen LogP contribution in [0.2, 0.25) is 0 Å². The van der Waals surface area contributed by atoms with Gasteiger partial charge in [0, 0.05) is 24.6 Å². The first-order chi connectivity index (χ1) is 9.29. The molecule has 1 unspecified atom stereocenters. The lowest BCUT2D eigenvalue weighted by molar-refractivity contribution is 0.172. The Kier molecular flexibility index (Phi) is 2.41. The van der Waals surface area contributed by atoms with Gasteiger partial charge in [-0.15, -0.1) is 0 Å². The number of nitrogens with two attached hydrogens (primary N) is 1. The second-order valence-corrected chi connectivity index (χ2v) is 5.40. The topological polar surface area (TPSA) is 73.2 Å². The zero-order valence-corrected chi connectivity index (χ0v) is 10.7. The number of aromatic amines is 1. The molecule has 19 heavy (non-hydrogen) atoms. The normalized spacial score (nSPS) is 19.6. The number of nitrogens with one attached hydrogen (secondary N) is 1. The quantitative estimate of drug-likeness (QED) is 0.878. The molecule has 1 aromatic carbocycles. The smallest absolute Gasteiger partial charge is 0.163 e. The Balaban J connectivity index is 1.66. The molecule has 5 nitrogen and oxygen atoms in total. The van der Waals surface area contributed by atoms with E-state index in [1.54, 1.807) is 0 Å². The van der Waals surface area contributed by atoms with E-state index >= 15 is 0 Å². The van der Waals surface area contributed by atoms with Crippen LogP contribution in [0.4, 0.5) is 0 Å². The number of imidazole rings is 1. The van der Waals surface area contributed by atoms with Gasteiger partial charge in [-0.2, -0.15) is 0 Å². The highest BCUT2D eigenvalue weighted by atomic mass is 16.6. The monoisotopic (exact) mass is 259 g/mol. The maximum absolute atomic E-state index is 6.15. The highest BCUT2D eigenvalue weighted by Crippen LogP contribution is 2.35. The van der Waals surface area contributed by atoms with Crippen molar-refractivity contribution in [2.75, 3.05) is 13.2 Å². The van der Waals surface area contributed by atoms with Crippen LogP contribution in [-0.4, -0.2) is 29.2 Å². The molecule has 5 heteroatoms. The molecule has 0 spiro atoms. The molecule has 1 aliphatic heterocycles. The van der Waals surface area contributed by atoms with Crippen molar-refractivity contribution in [2.24, 2.45) is 11.7 Å². The highest BCUT2D eigenvalue weighted by molar-refractivity contribution is 5.79. The third-order valence-electron chi connectivity index (χ3n) is 3.85. The van der Waals surface area contributed by atoms with Crippen LogP contribution in [0.5, 0.6) is 11.5 Å². The molecule has 0 saturated heterocycles. The minimum atomic E-state index is 0.225. The molecule has 1 saturated carbocycles. The second kappa shape index (κ2) is 4.13. The van der Waals surface area contributed by atoms with E-state index in [2.05, 4.69) is 9.97 Å². The maximum atomic E-state index is 6.15. The van der Waals surface area contributed by atoms with Gasteiger partial charge in [-0.25, -0.2) is 4.98 Å². The number of aromatic nitrogens is 2. The second-order valence-electron chi connectivity index (χ2n) is 5.40. The lowest BCUT2D eigenvalue weighted by Crippen LogP contribution is -2.25. The van der Waals surface area contributed by atoms with Crippen LogP contribution < -0.4 is 15.2 Å². The first-order valence-electron chi connectivity index (χ1n) is 6.83. The lowest BCUT2D eigenvalue weighted by atomic mass is 10.1. The summed E-state index contributed by atoms with van der Waals surface area (Å²) in [5.41, 5.74) is 8.05. The molecule has 2 heterocycles. The summed E-state index contributed by atoms with van der Waals surface area (Å²) in [5, 5.41) is 0. The summed E-state index contributed by atoms with van der Waals surface area (Å²) >= 11 is 0. The molecule has 100 valence electrons. The molecule has 0 radical (unpaired) electrons. The van der Waals surface area contributed by atoms with Crippen LogP contribution >= 0.6 is 0 Å². The van der Waals surface area contributed by atoms with Gasteiger partial charge in [0.1, 0.15) is 19.0 Å². The zero-order chi connectivity index (χ0) is 12.8. The van der Waals surface area contributed by atoms with Gasteiger partial charge < -0.3 is 20.2 Å². The summed E-state index contributed by atoms with van der Waals surface area (Å²) in [5.74, 6) is 3.22. The minimum Gasteiger partial charge on any atom is -0.486 e. The van der Waals surface area contributed by atoms with E-state index in [9.17, 15) is 0 Å². The maximum Gasteiger partial charge on any atom is 0.163 e. The largest absolute Gasteiger partial charge is 0.486 e. The molecule has 3 N–H and O–H groups in total. The third-order valence-corrected chi connectivity index (χ3v) is 3.85. The van der Waals surface area contributed by atoms with Gasteiger partial charge in [0.2, 0.25) is 0 Å². The number of H-pyrrole nitrogens is 1. The van der Waals surface area contributed by atoms with Gasteiger partial charge in [-0.1, -0.05) is 0 Å². The number of benzene rings is 1. The minimum absolute atomic E-state index is 0.225. The Morgan fingerprint density at radius 1 is 1.26 bits per heavy atom. The fourth-order valence-electron chi connectivity index (χ4n) is 2.61. The molecule has 2 aliphatic rings. The number of hydrogen-bond donors (Lipinski definition) is 2. The fraction of sp³-hybridized carbons (Fsp3) is 0.500. The molecule has 1 aromatic heterocycles. The average Bonchev–Trinajstić information content (AvgIpc) is 3.18. The van der Waals surface area contributed by atoms with Crippen LogP contribution in [0.25, 0.3) is 11.0 Å². The summed E-state index contributed by atoms with van der Waals surface area (Å²) in [7, 11) is 0. The van der Waals surface area contributed by atoms with Crippen molar-refractivity contribution in [3.8, 4) is 11.5 Å². The molecule has 0 amide bonds. The van der Waals surface area contributed by atoms with Gasteiger partial charge in [0.15, 0.2) is 11.5 Å². The third kappa shape index (κ3) is 2.04. The van der Waals surface area contributed by atoms with Crippen LogP contribution in [0.1, 0.15) is 18.7 Å². The average molecular weight is 259 g/mol. The molecular weight excluding hydrogens is 242 g/mol. The summed E-state index contributed by atoms with van der Waals surface area (Å²) in [6, 6.07) is 4.12. The Bertz CT molecular complexity index is 575. The van der Waals surface area contributed by atoms with Crippen LogP contribution in [0.3, 0.4) is 0 Å². The summed E-state index contributed by atoms with van der Waals surface area (Å²) in [6.45, 7) is 1.20. The number of hydrogen-bond acceptors (Lipinski definition) is 4. The predicted octanol–water partition coefficient (Wildman–Crippen LogP) is 1.61. The van der Waals surface area contributed by atoms with Crippen molar-refractivity contribution in [2.45, 2.75) is 25.3 Å². The van der Waals surface area contributed by atoms with E-state index in [-0.39, 0.29) is 6.04 Å². The molecular formula is C14H17N3O2. The molecule has 2 aromatic rings.